The lowest BCUT2D eigenvalue weighted by molar-refractivity contribution is 0.0689. The van der Waals surface area contributed by atoms with E-state index in [1.807, 2.05) is 26.8 Å². The molecule has 2 N–H and O–H groups in total. The molecule has 0 aromatic carbocycles. The molecular weight excluding hydrogens is 272 g/mol. The molecule has 2 aromatic rings. The Morgan fingerprint density at radius 2 is 2.05 bits per heavy atom. The number of aryl methyl sites for hydroxylation is 2. The summed E-state index contributed by atoms with van der Waals surface area (Å²) in [5, 5.41) is 11.6. The number of aromatic carboxylic acids is 1. The number of nitrogens with one attached hydrogen (secondary N) is 1. The van der Waals surface area contributed by atoms with Crippen molar-refractivity contribution in [2.24, 2.45) is 0 Å². The van der Waals surface area contributed by atoms with Crippen molar-refractivity contribution in [2.45, 2.75) is 26.8 Å². The van der Waals surface area contributed by atoms with Crippen LogP contribution in [0.5, 0.6) is 0 Å². The van der Waals surface area contributed by atoms with Crippen LogP contribution >= 0.6 is 0 Å². The second kappa shape index (κ2) is 5.78. The zero-order chi connectivity index (χ0) is 15.6. The molecular formula is C15H16N2O4. The minimum atomic E-state index is -1.13. The number of aromatic nitrogens is 1. The van der Waals surface area contributed by atoms with Crippen molar-refractivity contribution < 1.29 is 19.1 Å². The zero-order valence-corrected chi connectivity index (χ0v) is 12.0. The molecule has 1 atom stereocenters. The van der Waals surface area contributed by atoms with Gasteiger partial charge in [-0.3, -0.25) is 4.79 Å². The minimum Gasteiger partial charge on any atom is -0.477 e. The van der Waals surface area contributed by atoms with Gasteiger partial charge in [-0.25, -0.2) is 9.78 Å². The maximum absolute atomic E-state index is 12.1. The van der Waals surface area contributed by atoms with Crippen molar-refractivity contribution in [3.05, 3.63) is 52.7 Å². The number of furan rings is 1. The van der Waals surface area contributed by atoms with E-state index in [4.69, 9.17) is 9.52 Å². The molecule has 0 bridgehead atoms. The fraction of sp³-hybridized carbons (Fsp3) is 0.267. The van der Waals surface area contributed by atoms with Crippen LogP contribution in [0.25, 0.3) is 0 Å². The van der Waals surface area contributed by atoms with Crippen molar-refractivity contribution in [1.82, 2.24) is 10.3 Å². The molecule has 0 saturated carbocycles. The number of rotatable bonds is 4. The van der Waals surface area contributed by atoms with E-state index in [1.54, 1.807) is 0 Å². The first-order chi connectivity index (χ1) is 9.88. The van der Waals surface area contributed by atoms with Gasteiger partial charge in [-0.1, -0.05) is 0 Å². The monoisotopic (exact) mass is 288 g/mol. The van der Waals surface area contributed by atoms with Gasteiger partial charge in [-0.2, -0.15) is 0 Å². The Morgan fingerprint density at radius 1 is 1.33 bits per heavy atom. The minimum absolute atomic E-state index is 0.0964. The maximum atomic E-state index is 12.1. The second-order valence-electron chi connectivity index (χ2n) is 4.80. The van der Waals surface area contributed by atoms with Crippen LogP contribution in [0.2, 0.25) is 0 Å². The number of carbonyl (C=O) groups excluding carboxylic acids is 1. The lowest BCUT2D eigenvalue weighted by Gasteiger charge is -2.13. The fourth-order valence-corrected chi connectivity index (χ4v) is 2.09. The van der Waals surface area contributed by atoms with E-state index in [2.05, 4.69) is 10.3 Å². The third-order valence-corrected chi connectivity index (χ3v) is 3.14. The normalized spacial score (nSPS) is 12.0. The predicted molar refractivity (Wildman–Crippen MR) is 75.3 cm³/mol. The summed E-state index contributed by atoms with van der Waals surface area (Å²) < 4.78 is 5.44. The van der Waals surface area contributed by atoms with E-state index in [9.17, 15) is 9.59 Å². The molecule has 0 unspecified atom stereocenters. The summed E-state index contributed by atoms with van der Waals surface area (Å²) >= 11 is 0. The number of hydrogen-bond acceptors (Lipinski definition) is 4. The molecule has 6 heteroatoms. The first-order valence-electron chi connectivity index (χ1n) is 6.45. The van der Waals surface area contributed by atoms with Gasteiger partial charge < -0.3 is 14.8 Å². The summed E-state index contributed by atoms with van der Waals surface area (Å²) in [7, 11) is 0. The molecule has 2 rings (SSSR count). The highest BCUT2D eigenvalue weighted by molar-refractivity contribution is 5.95. The topological polar surface area (TPSA) is 92.4 Å². The molecule has 1 amide bonds. The molecule has 0 spiro atoms. The summed E-state index contributed by atoms with van der Waals surface area (Å²) in [4.78, 5) is 26.5. The lowest BCUT2D eigenvalue weighted by atomic mass is 10.1. The predicted octanol–water partition coefficient (Wildman–Crippen LogP) is 2.48. The Balaban J connectivity index is 2.10. The third kappa shape index (κ3) is 3.28. The van der Waals surface area contributed by atoms with Gasteiger partial charge in [-0.15, -0.1) is 0 Å². The van der Waals surface area contributed by atoms with Crippen LogP contribution in [-0.4, -0.2) is 22.0 Å². The fourth-order valence-electron chi connectivity index (χ4n) is 2.09. The molecule has 0 aliphatic rings. The van der Waals surface area contributed by atoms with E-state index in [-0.39, 0.29) is 17.6 Å². The van der Waals surface area contributed by atoms with Crippen molar-refractivity contribution in [3.63, 3.8) is 0 Å². The van der Waals surface area contributed by atoms with Gasteiger partial charge in [0.2, 0.25) is 0 Å². The highest BCUT2D eigenvalue weighted by Crippen LogP contribution is 2.21. The van der Waals surface area contributed by atoms with Crippen molar-refractivity contribution in [1.29, 1.82) is 0 Å². The zero-order valence-electron chi connectivity index (χ0n) is 12.0. The SMILES string of the molecule is Cc1cc([C@@H](C)NC(=O)c2ccc(C(=O)O)nc2)c(C)o1. The molecule has 2 heterocycles. The van der Waals surface area contributed by atoms with Crippen LogP contribution in [0.3, 0.4) is 0 Å². The van der Waals surface area contributed by atoms with Crippen molar-refractivity contribution in [2.75, 3.05) is 0 Å². The second-order valence-corrected chi connectivity index (χ2v) is 4.80. The summed E-state index contributed by atoms with van der Waals surface area (Å²) in [6.07, 6.45) is 1.25. The number of carboxylic acid groups (broad SMARTS) is 1. The summed E-state index contributed by atoms with van der Waals surface area (Å²) in [6, 6.07) is 4.40. The first kappa shape index (κ1) is 14.8. The number of amides is 1. The molecule has 6 nitrogen and oxygen atoms in total. The molecule has 110 valence electrons. The quantitative estimate of drug-likeness (QED) is 0.901. The van der Waals surface area contributed by atoms with E-state index in [1.165, 1.54) is 18.3 Å². The molecule has 0 aliphatic carbocycles. The molecule has 0 saturated heterocycles. The Bertz CT molecular complexity index is 673. The van der Waals surface area contributed by atoms with E-state index in [0.717, 1.165) is 17.1 Å². The first-order valence-corrected chi connectivity index (χ1v) is 6.45. The van der Waals surface area contributed by atoms with Gasteiger partial charge >= 0.3 is 5.97 Å². The maximum Gasteiger partial charge on any atom is 0.354 e. The van der Waals surface area contributed by atoms with Gasteiger partial charge in [0.1, 0.15) is 17.2 Å². The molecule has 0 aliphatic heterocycles. The number of nitrogens with zero attached hydrogens (tertiary/aromatic N) is 1. The van der Waals surface area contributed by atoms with Gasteiger partial charge in [0, 0.05) is 11.8 Å². The van der Waals surface area contributed by atoms with E-state index in [0.29, 0.717) is 5.56 Å². The third-order valence-electron chi connectivity index (χ3n) is 3.14. The molecule has 21 heavy (non-hydrogen) atoms. The number of hydrogen-bond donors (Lipinski definition) is 2. The van der Waals surface area contributed by atoms with Crippen LogP contribution in [0.1, 0.15) is 50.9 Å². The van der Waals surface area contributed by atoms with Crippen LogP contribution < -0.4 is 5.32 Å². The number of carbonyl (C=O) groups is 2. The average Bonchev–Trinajstić information content (AvgIpc) is 2.77. The summed E-state index contributed by atoms with van der Waals surface area (Å²) in [5.41, 5.74) is 1.13. The van der Waals surface area contributed by atoms with Crippen LogP contribution in [0, 0.1) is 13.8 Å². The summed E-state index contributed by atoms with van der Waals surface area (Å²) in [5.74, 6) is 0.112. The number of pyridine rings is 1. The van der Waals surface area contributed by atoms with Gasteiger partial charge in [0.05, 0.1) is 11.6 Å². The Labute approximate surface area is 121 Å². The molecule has 0 radical (unpaired) electrons. The van der Waals surface area contributed by atoms with Gasteiger partial charge in [-0.05, 0) is 39.0 Å². The smallest absolute Gasteiger partial charge is 0.354 e. The van der Waals surface area contributed by atoms with Crippen molar-refractivity contribution >= 4 is 11.9 Å². The van der Waals surface area contributed by atoms with Gasteiger partial charge in [0.25, 0.3) is 5.91 Å². The Hall–Kier alpha value is -2.63. The highest BCUT2D eigenvalue weighted by Gasteiger charge is 2.16. The summed E-state index contributed by atoms with van der Waals surface area (Å²) in [6.45, 7) is 5.54. The van der Waals surface area contributed by atoms with Gasteiger partial charge in [0.15, 0.2) is 0 Å². The molecule has 2 aromatic heterocycles. The highest BCUT2D eigenvalue weighted by atomic mass is 16.4. The van der Waals surface area contributed by atoms with Crippen LogP contribution in [-0.2, 0) is 0 Å². The van der Waals surface area contributed by atoms with Crippen molar-refractivity contribution in [3.8, 4) is 0 Å². The van der Waals surface area contributed by atoms with Crippen LogP contribution in [0.15, 0.2) is 28.8 Å². The largest absolute Gasteiger partial charge is 0.477 e. The Kier molecular flexibility index (Phi) is 4.07. The number of carboxylic acids is 1. The van der Waals surface area contributed by atoms with Crippen LogP contribution in [0.4, 0.5) is 0 Å². The Morgan fingerprint density at radius 3 is 2.52 bits per heavy atom. The molecule has 0 fully saturated rings. The lowest BCUT2D eigenvalue weighted by Crippen LogP contribution is -2.27. The van der Waals surface area contributed by atoms with E-state index >= 15 is 0 Å². The van der Waals surface area contributed by atoms with E-state index < -0.39 is 5.97 Å². The standard InChI is InChI=1S/C15H16N2O4/c1-8-6-12(10(3)21-8)9(2)17-14(18)11-4-5-13(15(19)20)16-7-11/h4-7,9H,1-3H3,(H,17,18)(H,19,20)/t9-/m1/s1. The average molecular weight is 288 g/mol.